The van der Waals surface area contributed by atoms with Crippen LogP contribution < -0.4 is 5.32 Å². The second-order valence-electron chi connectivity index (χ2n) is 27.4. The molecule has 0 aromatic carbocycles. The largest absolute Gasteiger partial charge is 0.466 e. The predicted octanol–water partition coefficient (Wildman–Crippen LogP) is 20.9. The lowest BCUT2D eigenvalue weighted by atomic mass is 9.99. The minimum atomic E-state index is -1.57. The van der Waals surface area contributed by atoms with Gasteiger partial charge < -0.3 is 45.1 Å². The van der Waals surface area contributed by atoms with Gasteiger partial charge in [0, 0.05) is 12.8 Å². The molecule has 530 valence electrons. The molecule has 6 N–H and O–H groups in total. The van der Waals surface area contributed by atoms with Gasteiger partial charge in [0.1, 0.15) is 24.4 Å². The standard InChI is InChI=1S/C79H149NO10/c1-3-5-7-9-11-13-14-15-16-41-44-47-51-55-59-63-67-75(84)88-68-64-60-56-52-48-45-42-39-37-35-33-31-29-27-25-23-21-19-17-18-20-22-24-26-28-30-32-34-36-38-40-43-46-50-54-58-62-66-74(83)80-71(72(82)65-61-57-53-49-12-10-8-6-4-2)70-89-79-78(87)77(86)76(85)73(69-81)90-79/h16-17,19,41,61,65,71-73,76-79,81-82,85-87H,3-15,18,20-40,42-60,62-64,66-70H2,1-2H3,(H,80,83)/b19-17-,41-16-,65-61+. The number of allylic oxidation sites excluding steroid dienone is 5. The number of carbonyl (C=O) groups is 2. The SMILES string of the molecule is CCCCCCCCC/C=C\CCCCCCCC(=O)OCCCCCCCCCCCCCCCCCC/C=C\CCCCCCCCCCCCCCCCCCCC(=O)NC(COC1OC(CO)C(O)C(O)C1O)C(O)/C=C/CCCCCCCCC. The van der Waals surface area contributed by atoms with E-state index in [0.29, 0.717) is 19.4 Å². The molecule has 0 aliphatic carbocycles. The maximum Gasteiger partial charge on any atom is 0.305 e. The third-order valence-corrected chi connectivity index (χ3v) is 18.7. The fourth-order valence-corrected chi connectivity index (χ4v) is 12.5. The summed E-state index contributed by atoms with van der Waals surface area (Å²) in [6, 6.07) is -0.805. The van der Waals surface area contributed by atoms with Crippen molar-refractivity contribution in [2.75, 3.05) is 19.8 Å². The summed E-state index contributed by atoms with van der Waals surface area (Å²) >= 11 is 0. The van der Waals surface area contributed by atoms with Gasteiger partial charge in [0.05, 0.1) is 32.0 Å². The summed E-state index contributed by atoms with van der Waals surface area (Å²) in [5, 5.41) is 54.3. The Bertz CT molecular complexity index is 1590. The van der Waals surface area contributed by atoms with Crippen LogP contribution in [0.5, 0.6) is 0 Å². The molecule has 11 nitrogen and oxygen atoms in total. The lowest BCUT2D eigenvalue weighted by Gasteiger charge is -2.40. The third kappa shape index (κ3) is 56.2. The average molecular weight is 1270 g/mol. The Hall–Kier alpha value is -2.12. The highest BCUT2D eigenvalue weighted by atomic mass is 16.7. The third-order valence-electron chi connectivity index (χ3n) is 18.7. The molecule has 1 fully saturated rings. The number of esters is 1. The van der Waals surface area contributed by atoms with Crippen LogP contribution >= 0.6 is 0 Å². The molecule has 0 bridgehead atoms. The van der Waals surface area contributed by atoms with Crippen molar-refractivity contribution in [3.63, 3.8) is 0 Å². The van der Waals surface area contributed by atoms with Crippen LogP contribution in [0.2, 0.25) is 0 Å². The van der Waals surface area contributed by atoms with Gasteiger partial charge in [0.2, 0.25) is 5.91 Å². The number of amides is 1. The van der Waals surface area contributed by atoms with Crippen molar-refractivity contribution in [3.05, 3.63) is 36.5 Å². The summed E-state index contributed by atoms with van der Waals surface area (Å²) in [7, 11) is 0. The molecule has 1 rings (SSSR count). The Morgan fingerprint density at radius 1 is 0.400 bits per heavy atom. The smallest absolute Gasteiger partial charge is 0.305 e. The maximum absolute atomic E-state index is 13.0. The molecule has 1 amide bonds. The quantitative estimate of drug-likeness (QED) is 0.0195. The summed E-state index contributed by atoms with van der Waals surface area (Å²) in [6.07, 6.45) is 79.1. The van der Waals surface area contributed by atoms with E-state index in [0.717, 1.165) is 57.8 Å². The first-order valence-electron chi connectivity index (χ1n) is 39.3. The van der Waals surface area contributed by atoms with E-state index in [1.165, 1.54) is 308 Å². The summed E-state index contributed by atoms with van der Waals surface area (Å²) < 4.78 is 16.7. The summed E-state index contributed by atoms with van der Waals surface area (Å²) in [6.45, 7) is 4.35. The van der Waals surface area contributed by atoms with Gasteiger partial charge >= 0.3 is 5.97 Å². The Kier molecular flexibility index (Phi) is 65.2. The van der Waals surface area contributed by atoms with Gasteiger partial charge in [-0.25, -0.2) is 0 Å². The van der Waals surface area contributed by atoms with E-state index in [-0.39, 0.29) is 18.5 Å². The molecule has 0 aromatic rings. The van der Waals surface area contributed by atoms with Crippen LogP contribution in [0.3, 0.4) is 0 Å². The van der Waals surface area contributed by atoms with Crippen molar-refractivity contribution < 1.29 is 49.3 Å². The molecule has 1 aliphatic heterocycles. The normalized spacial score (nSPS) is 17.8. The molecule has 1 aliphatic rings. The minimum absolute atomic E-state index is 0.00839. The Labute approximate surface area is 555 Å². The van der Waals surface area contributed by atoms with Crippen LogP contribution in [0, 0.1) is 0 Å². The van der Waals surface area contributed by atoms with Crippen LogP contribution in [0.4, 0.5) is 0 Å². The van der Waals surface area contributed by atoms with Gasteiger partial charge in [0.15, 0.2) is 6.29 Å². The van der Waals surface area contributed by atoms with Gasteiger partial charge in [-0.1, -0.05) is 333 Å². The number of ether oxygens (including phenoxy) is 3. The van der Waals surface area contributed by atoms with E-state index in [1.54, 1.807) is 6.08 Å². The maximum atomic E-state index is 13.0. The van der Waals surface area contributed by atoms with Crippen molar-refractivity contribution in [1.82, 2.24) is 5.32 Å². The highest BCUT2D eigenvalue weighted by Gasteiger charge is 2.44. The fraction of sp³-hybridized carbons (Fsp3) is 0.899. The van der Waals surface area contributed by atoms with Crippen molar-refractivity contribution in [1.29, 1.82) is 0 Å². The van der Waals surface area contributed by atoms with E-state index in [4.69, 9.17) is 14.2 Å². The number of nitrogens with one attached hydrogen (secondary N) is 1. The van der Waals surface area contributed by atoms with Gasteiger partial charge in [-0.3, -0.25) is 9.59 Å². The Balaban J connectivity index is 1.85. The van der Waals surface area contributed by atoms with E-state index in [1.807, 2.05) is 6.08 Å². The number of hydrogen-bond donors (Lipinski definition) is 6. The molecule has 1 saturated heterocycles. The van der Waals surface area contributed by atoms with Crippen molar-refractivity contribution in [3.8, 4) is 0 Å². The predicted molar refractivity (Wildman–Crippen MR) is 380 cm³/mol. The first kappa shape index (κ1) is 85.9. The molecule has 0 saturated carbocycles. The molecule has 0 spiro atoms. The summed E-state index contributed by atoms with van der Waals surface area (Å²) in [5.41, 5.74) is 0. The van der Waals surface area contributed by atoms with E-state index < -0.39 is 49.5 Å². The molecule has 7 unspecified atom stereocenters. The highest BCUT2D eigenvalue weighted by molar-refractivity contribution is 5.76. The van der Waals surface area contributed by atoms with Crippen LogP contribution in [0.15, 0.2) is 36.5 Å². The number of aliphatic hydroxyl groups is 5. The van der Waals surface area contributed by atoms with Crippen molar-refractivity contribution in [2.45, 2.75) is 436 Å². The topological polar surface area (TPSA) is 175 Å². The summed E-state index contributed by atoms with van der Waals surface area (Å²) in [5.74, 6) is -0.170. The molecule has 11 heteroatoms. The molecule has 0 aromatic heterocycles. The number of unbranched alkanes of at least 4 members (excludes halogenated alkanes) is 52. The lowest BCUT2D eigenvalue weighted by Crippen LogP contribution is -2.60. The lowest BCUT2D eigenvalue weighted by molar-refractivity contribution is -0.302. The number of hydrogen-bond acceptors (Lipinski definition) is 10. The highest BCUT2D eigenvalue weighted by Crippen LogP contribution is 2.24. The molecule has 90 heavy (non-hydrogen) atoms. The van der Waals surface area contributed by atoms with Gasteiger partial charge in [-0.2, -0.15) is 0 Å². The number of carbonyl (C=O) groups excluding carboxylic acids is 2. The molecule has 1 heterocycles. The molecular formula is C79H149NO10. The van der Waals surface area contributed by atoms with Crippen LogP contribution in [0.1, 0.15) is 393 Å². The second-order valence-corrected chi connectivity index (χ2v) is 27.4. The molecule has 7 atom stereocenters. The average Bonchev–Trinajstić information content (AvgIpc) is 1.55. The first-order valence-corrected chi connectivity index (χ1v) is 39.3. The van der Waals surface area contributed by atoms with E-state index in [2.05, 4.69) is 43.5 Å². The minimum Gasteiger partial charge on any atom is -0.466 e. The Morgan fingerprint density at radius 2 is 0.711 bits per heavy atom. The van der Waals surface area contributed by atoms with E-state index in [9.17, 15) is 35.1 Å². The zero-order chi connectivity index (χ0) is 65.1. The van der Waals surface area contributed by atoms with Crippen LogP contribution in [-0.4, -0.2) is 100 Å². The van der Waals surface area contributed by atoms with Gasteiger partial charge in [-0.15, -0.1) is 0 Å². The molecule has 0 radical (unpaired) electrons. The second kappa shape index (κ2) is 68.3. The van der Waals surface area contributed by atoms with Crippen molar-refractivity contribution >= 4 is 11.9 Å². The van der Waals surface area contributed by atoms with Crippen LogP contribution in [0.25, 0.3) is 0 Å². The first-order chi connectivity index (χ1) is 44.2. The Morgan fingerprint density at radius 3 is 1.07 bits per heavy atom. The monoisotopic (exact) mass is 1270 g/mol. The fourth-order valence-electron chi connectivity index (χ4n) is 12.5. The van der Waals surface area contributed by atoms with Crippen molar-refractivity contribution in [2.24, 2.45) is 0 Å². The van der Waals surface area contributed by atoms with Gasteiger partial charge in [0.25, 0.3) is 0 Å². The number of rotatable bonds is 70. The van der Waals surface area contributed by atoms with Crippen LogP contribution in [-0.2, 0) is 23.8 Å². The van der Waals surface area contributed by atoms with E-state index >= 15 is 0 Å². The zero-order valence-electron chi connectivity index (χ0n) is 59.1. The molecular weight excluding hydrogens is 1120 g/mol. The van der Waals surface area contributed by atoms with Gasteiger partial charge in [-0.05, 0) is 83.5 Å². The zero-order valence-corrected chi connectivity index (χ0v) is 59.1. The summed E-state index contributed by atoms with van der Waals surface area (Å²) in [4.78, 5) is 25.1. The number of aliphatic hydroxyl groups excluding tert-OH is 5.